The number of hydrogen-bond acceptors (Lipinski definition) is 4. The molecule has 0 atom stereocenters. The fourth-order valence-corrected chi connectivity index (χ4v) is 2.35. The third-order valence-corrected chi connectivity index (χ3v) is 3.54. The van der Waals surface area contributed by atoms with Gasteiger partial charge in [0.25, 0.3) is 5.91 Å². The quantitative estimate of drug-likeness (QED) is 0.804. The highest BCUT2D eigenvalue weighted by molar-refractivity contribution is 6.30. The molecule has 0 saturated carbocycles. The zero-order chi connectivity index (χ0) is 15.9. The Hall–Kier alpha value is -2.60. The van der Waals surface area contributed by atoms with E-state index >= 15 is 0 Å². The SMILES string of the molecule is CN(C)c1ncc(C(N)=O)n2cc(-c3ccc(Cl)cc3)nc12. The number of imidazole rings is 1. The minimum atomic E-state index is -0.553. The second-order valence-electron chi connectivity index (χ2n) is 5.05. The molecule has 1 aromatic carbocycles. The van der Waals surface area contributed by atoms with Crippen molar-refractivity contribution >= 4 is 29.0 Å². The second kappa shape index (κ2) is 5.31. The minimum absolute atomic E-state index is 0.285. The van der Waals surface area contributed by atoms with E-state index in [0.29, 0.717) is 16.5 Å². The summed E-state index contributed by atoms with van der Waals surface area (Å²) in [4.78, 5) is 22.3. The molecule has 3 rings (SSSR count). The molecule has 6 nitrogen and oxygen atoms in total. The minimum Gasteiger partial charge on any atom is -0.364 e. The van der Waals surface area contributed by atoms with E-state index in [1.807, 2.05) is 31.1 Å². The van der Waals surface area contributed by atoms with Crippen molar-refractivity contribution < 1.29 is 4.79 Å². The number of fused-ring (bicyclic) bond motifs is 1. The number of hydrogen-bond donors (Lipinski definition) is 1. The summed E-state index contributed by atoms with van der Waals surface area (Å²) < 4.78 is 1.66. The Balaban J connectivity index is 2.26. The van der Waals surface area contributed by atoms with Crippen molar-refractivity contribution in [2.75, 3.05) is 19.0 Å². The van der Waals surface area contributed by atoms with Crippen LogP contribution in [0.2, 0.25) is 5.02 Å². The molecular formula is C15H14ClN5O. The maximum atomic E-state index is 11.6. The lowest BCUT2D eigenvalue weighted by Crippen LogP contribution is -2.19. The van der Waals surface area contributed by atoms with Gasteiger partial charge in [-0.1, -0.05) is 23.7 Å². The van der Waals surface area contributed by atoms with Gasteiger partial charge in [0.05, 0.1) is 11.9 Å². The van der Waals surface area contributed by atoms with Crippen LogP contribution in [0, 0.1) is 0 Å². The molecule has 1 amide bonds. The van der Waals surface area contributed by atoms with Crippen LogP contribution in [0.1, 0.15) is 10.5 Å². The van der Waals surface area contributed by atoms with Crippen LogP contribution in [0.3, 0.4) is 0 Å². The largest absolute Gasteiger partial charge is 0.364 e. The normalized spacial score (nSPS) is 10.9. The molecule has 2 N–H and O–H groups in total. The van der Waals surface area contributed by atoms with Gasteiger partial charge in [0.2, 0.25) is 0 Å². The van der Waals surface area contributed by atoms with Crippen molar-refractivity contribution in [1.29, 1.82) is 0 Å². The summed E-state index contributed by atoms with van der Waals surface area (Å²) in [5.74, 6) is 0.105. The van der Waals surface area contributed by atoms with E-state index in [-0.39, 0.29) is 5.69 Å². The number of carbonyl (C=O) groups excluding carboxylic acids is 1. The first-order valence-corrected chi connectivity index (χ1v) is 6.96. The molecular weight excluding hydrogens is 302 g/mol. The van der Waals surface area contributed by atoms with Gasteiger partial charge in [-0.05, 0) is 12.1 Å². The molecule has 0 spiro atoms. The van der Waals surface area contributed by atoms with Crippen LogP contribution in [0.25, 0.3) is 16.9 Å². The Morgan fingerprint density at radius 1 is 1.27 bits per heavy atom. The zero-order valence-corrected chi connectivity index (χ0v) is 12.9. The highest BCUT2D eigenvalue weighted by Gasteiger charge is 2.16. The monoisotopic (exact) mass is 315 g/mol. The lowest BCUT2D eigenvalue weighted by Gasteiger charge is -2.12. The average Bonchev–Trinajstić information content (AvgIpc) is 2.91. The van der Waals surface area contributed by atoms with Gasteiger partial charge in [-0.25, -0.2) is 9.97 Å². The molecule has 0 fully saturated rings. The predicted molar refractivity (Wildman–Crippen MR) is 86.3 cm³/mol. The Morgan fingerprint density at radius 2 is 1.95 bits per heavy atom. The molecule has 2 heterocycles. The van der Waals surface area contributed by atoms with Crippen molar-refractivity contribution in [3.05, 3.63) is 47.4 Å². The van der Waals surface area contributed by atoms with Gasteiger partial charge >= 0.3 is 0 Å². The van der Waals surface area contributed by atoms with E-state index in [0.717, 1.165) is 11.3 Å². The molecule has 0 bridgehead atoms. The Morgan fingerprint density at radius 3 is 2.55 bits per heavy atom. The third-order valence-electron chi connectivity index (χ3n) is 3.29. The van der Waals surface area contributed by atoms with Gasteiger partial charge in [0.1, 0.15) is 5.69 Å². The maximum absolute atomic E-state index is 11.6. The number of primary amides is 1. The van der Waals surface area contributed by atoms with Crippen molar-refractivity contribution in [2.24, 2.45) is 5.73 Å². The molecule has 0 aliphatic heterocycles. The summed E-state index contributed by atoms with van der Waals surface area (Å²) in [6, 6.07) is 7.33. The number of carbonyl (C=O) groups is 1. The van der Waals surface area contributed by atoms with Crippen LogP contribution in [0.5, 0.6) is 0 Å². The molecule has 0 radical (unpaired) electrons. The number of benzene rings is 1. The first-order chi connectivity index (χ1) is 10.5. The maximum Gasteiger partial charge on any atom is 0.267 e. The topological polar surface area (TPSA) is 76.5 Å². The fourth-order valence-electron chi connectivity index (χ4n) is 2.22. The molecule has 22 heavy (non-hydrogen) atoms. The second-order valence-corrected chi connectivity index (χ2v) is 5.49. The summed E-state index contributed by atoms with van der Waals surface area (Å²) in [6.07, 6.45) is 3.23. The smallest absolute Gasteiger partial charge is 0.267 e. The van der Waals surface area contributed by atoms with Gasteiger partial charge < -0.3 is 10.6 Å². The van der Waals surface area contributed by atoms with Gasteiger partial charge in [-0.2, -0.15) is 0 Å². The Kier molecular flexibility index (Phi) is 3.46. The summed E-state index contributed by atoms with van der Waals surface area (Å²) in [5, 5.41) is 0.654. The molecule has 2 aromatic heterocycles. The molecule has 3 aromatic rings. The third kappa shape index (κ3) is 2.37. The first-order valence-electron chi connectivity index (χ1n) is 6.58. The van der Waals surface area contributed by atoms with Crippen LogP contribution < -0.4 is 10.6 Å². The molecule has 112 valence electrons. The lowest BCUT2D eigenvalue weighted by molar-refractivity contribution is 0.0994. The summed E-state index contributed by atoms with van der Waals surface area (Å²) in [6.45, 7) is 0. The van der Waals surface area contributed by atoms with E-state index in [1.54, 1.807) is 22.7 Å². The fraction of sp³-hybridized carbons (Fsp3) is 0.133. The van der Waals surface area contributed by atoms with Crippen LogP contribution in [0.15, 0.2) is 36.7 Å². The number of aromatic nitrogens is 3. The lowest BCUT2D eigenvalue weighted by atomic mass is 10.2. The van der Waals surface area contributed by atoms with Crippen LogP contribution in [0.4, 0.5) is 5.82 Å². The standard InChI is InChI=1S/C15H14ClN5O/c1-20(2)14-15-19-11(9-3-5-10(16)6-4-9)8-21(15)12(7-18-14)13(17)22/h3-8H,1-2H3,(H2,17,22). The van der Waals surface area contributed by atoms with Gasteiger partial charge in [0.15, 0.2) is 11.5 Å². The van der Waals surface area contributed by atoms with Gasteiger partial charge in [-0.15, -0.1) is 0 Å². The number of halogens is 1. The van der Waals surface area contributed by atoms with Gasteiger partial charge in [0, 0.05) is 30.9 Å². The molecule has 7 heteroatoms. The van der Waals surface area contributed by atoms with Crippen LogP contribution >= 0.6 is 11.6 Å². The molecule has 0 aliphatic rings. The van der Waals surface area contributed by atoms with Crippen molar-refractivity contribution in [2.45, 2.75) is 0 Å². The van der Waals surface area contributed by atoms with E-state index in [9.17, 15) is 4.79 Å². The van der Waals surface area contributed by atoms with E-state index in [4.69, 9.17) is 17.3 Å². The van der Waals surface area contributed by atoms with Crippen molar-refractivity contribution in [1.82, 2.24) is 14.4 Å². The Labute approximate surface area is 132 Å². The van der Waals surface area contributed by atoms with Gasteiger partial charge in [-0.3, -0.25) is 9.20 Å². The van der Waals surface area contributed by atoms with Crippen molar-refractivity contribution in [3.8, 4) is 11.3 Å². The van der Waals surface area contributed by atoms with Crippen LogP contribution in [-0.4, -0.2) is 34.4 Å². The number of nitrogens with two attached hydrogens (primary N) is 1. The number of nitrogens with zero attached hydrogens (tertiary/aromatic N) is 4. The zero-order valence-electron chi connectivity index (χ0n) is 12.1. The van der Waals surface area contributed by atoms with Crippen LogP contribution in [-0.2, 0) is 0 Å². The van der Waals surface area contributed by atoms with E-state index in [2.05, 4.69) is 9.97 Å². The van der Waals surface area contributed by atoms with E-state index in [1.165, 1.54) is 6.20 Å². The molecule has 0 unspecified atom stereocenters. The summed E-state index contributed by atoms with van der Waals surface area (Å²) >= 11 is 5.91. The van der Waals surface area contributed by atoms with Crippen molar-refractivity contribution in [3.63, 3.8) is 0 Å². The highest BCUT2D eigenvalue weighted by Crippen LogP contribution is 2.25. The highest BCUT2D eigenvalue weighted by atomic mass is 35.5. The number of rotatable bonds is 3. The molecule has 0 saturated heterocycles. The molecule has 0 aliphatic carbocycles. The average molecular weight is 316 g/mol. The predicted octanol–water partition coefficient (Wildman–Crippen LogP) is 2.21. The first kappa shape index (κ1) is 14.3. The number of anilines is 1. The number of amides is 1. The Bertz CT molecular complexity index is 854. The summed E-state index contributed by atoms with van der Waals surface area (Å²) in [5.41, 5.74) is 7.89. The van der Waals surface area contributed by atoms with E-state index < -0.39 is 5.91 Å². The summed E-state index contributed by atoms with van der Waals surface area (Å²) in [7, 11) is 3.73.